The average Bonchev–Trinajstić information content (AvgIpc) is 3.18. The summed E-state index contributed by atoms with van der Waals surface area (Å²) in [5.74, 6) is 1.21. The average molecular weight is 325 g/mol. The summed E-state index contributed by atoms with van der Waals surface area (Å²) < 4.78 is 2.54. The van der Waals surface area contributed by atoms with Gasteiger partial charge in [0.05, 0.1) is 12.3 Å². The molecule has 0 unspecified atom stereocenters. The largest absolute Gasteiger partial charge is 0.392 e. The summed E-state index contributed by atoms with van der Waals surface area (Å²) in [7, 11) is 0. The summed E-state index contributed by atoms with van der Waals surface area (Å²) in [6.45, 7) is 5.56. The number of benzene rings is 1. The van der Waals surface area contributed by atoms with E-state index in [2.05, 4.69) is 28.5 Å². The van der Waals surface area contributed by atoms with Gasteiger partial charge < -0.3 is 9.67 Å². The van der Waals surface area contributed by atoms with Gasteiger partial charge in [0.15, 0.2) is 0 Å². The second kappa shape index (κ2) is 6.69. The van der Waals surface area contributed by atoms with E-state index in [1.165, 1.54) is 48.5 Å². The third-order valence-corrected chi connectivity index (χ3v) is 5.57. The maximum Gasteiger partial charge on any atom is 0.106 e. The lowest BCUT2D eigenvalue weighted by Crippen LogP contribution is -2.22. The Bertz CT molecular complexity index is 704. The fraction of sp³-hybridized carbons (Fsp3) is 0.550. The van der Waals surface area contributed by atoms with Crippen LogP contribution in [0.5, 0.6) is 0 Å². The normalized spacial score (nSPS) is 21.2. The summed E-state index contributed by atoms with van der Waals surface area (Å²) in [5.41, 5.74) is 5.19. The first-order chi connectivity index (χ1) is 11.7. The lowest BCUT2D eigenvalue weighted by atomic mass is 10.0. The van der Waals surface area contributed by atoms with Crippen molar-refractivity contribution >= 4 is 0 Å². The minimum Gasteiger partial charge on any atom is -0.392 e. The molecule has 1 aromatic heterocycles. The second-order valence-electron chi connectivity index (χ2n) is 7.28. The Morgan fingerprint density at radius 2 is 1.88 bits per heavy atom. The third kappa shape index (κ3) is 3.01. The van der Waals surface area contributed by atoms with E-state index in [-0.39, 0.29) is 6.61 Å². The maximum absolute atomic E-state index is 9.16. The molecular formula is C20H27N3O. The van der Waals surface area contributed by atoms with E-state index in [0.29, 0.717) is 6.04 Å². The monoisotopic (exact) mass is 325 g/mol. The van der Waals surface area contributed by atoms with Crippen molar-refractivity contribution in [1.82, 2.24) is 14.5 Å². The van der Waals surface area contributed by atoms with Gasteiger partial charge in [-0.3, -0.25) is 4.90 Å². The summed E-state index contributed by atoms with van der Waals surface area (Å²) >= 11 is 0. The van der Waals surface area contributed by atoms with Gasteiger partial charge in [-0.05, 0) is 50.2 Å². The Morgan fingerprint density at radius 1 is 1.12 bits per heavy atom. The van der Waals surface area contributed by atoms with Gasteiger partial charge in [0.25, 0.3) is 0 Å². The molecule has 4 nitrogen and oxygen atoms in total. The van der Waals surface area contributed by atoms with E-state index in [0.717, 1.165) is 31.6 Å². The maximum atomic E-state index is 9.16. The molecule has 1 fully saturated rings. The van der Waals surface area contributed by atoms with Gasteiger partial charge in [0, 0.05) is 31.4 Å². The van der Waals surface area contributed by atoms with Crippen LogP contribution in [0.25, 0.3) is 0 Å². The van der Waals surface area contributed by atoms with Gasteiger partial charge in [0.2, 0.25) is 0 Å². The minimum atomic E-state index is 0.122. The molecule has 2 aromatic rings. The molecule has 4 rings (SSSR count). The highest BCUT2D eigenvalue weighted by Gasteiger charge is 2.28. The highest BCUT2D eigenvalue weighted by atomic mass is 16.3. The Kier molecular flexibility index (Phi) is 4.42. The van der Waals surface area contributed by atoms with Crippen LogP contribution in [0.1, 0.15) is 53.6 Å². The fourth-order valence-electron chi connectivity index (χ4n) is 4.36. The number of aliphatic hydroxyl groups is 1. The van der Waals surface area contributed by atoms with E-state index >= 15 is 0 Å². The molecule has 0 bridgehead atoms. The topological polar surface area (TPSA) is 41.3 Å². The molecule has 4 heteroatoms. The van der Waals surface area contributed by atoms with Gasteiger partial charge in [-0.1, -0.05) is 24.3 Å². The zero-order chi connectivity index (χ0) is 16.5. The van der Waals surface area contributed by atoms with Crippen LogP contribution in [0.2, 0.25) is 0 Å². The third-order valence-electron chi connectivity index (χ3n) is 5.57. The van der Waals surface area contributed by atoms with Gasteiger partial charge in [0.1, 0.15) is 5.82 Å². The first-order valence-corrected chi connectivity index (χ1v) is 9.22. The molecule has 1 aromatic carbocycles. The Hall–Kier alpha value is -1.65. The van der Waals surface area contributed by atoms with Crippen LogP contribution in [-0.2, 0) is 26.0 Å². The molecule has 0 radical (unpaired) electrons. The van der Waals surface area contributed by atoms with Crippen molar-refractivity contribution in [3.63, 3.8) is 0 Å². The zero-order valence-corrected chi connectivity index (χ0v) is 14.5. The lowest BCUT2D eigenvalue weighted by molar-refractivity contribution is 0.281. The predicted octanol–water partition coefficient (Wildman–Crippen LogP) is 3.01. The number of nitrogens with zero attached hydrogens (tertiary/aromatic N) is 3. The molecule has 2 heterocycles. The SMILES string of the molecule is Cc1nc2c(n1[C@@H]1CCN(Cc3ccc(CO)cc3)C1)CCCC2. The van der Waals surface area contributed by atoms with E-state index in [1.54, 1.807) is 0 Å². The number of hydrogen-bond donors (Lipinski definition) is 1. The molecule has 1 aliphatic heterocycles. The van der Waals surface area contributed by atoms with Crippen molar-refractivity contribution in [2.45, 2.75) is 58.2 Å². The van der Waals surface area contributed by atoms with Crippen molar-refractivity contribution in [3.8, 4) is 0 Å². The molecule has 0 amide bonds. The Morgan fingerprint density at radius 3 is 2.67 bits per heavy atom. The molecule has 1 atom stereocenters. The van der Waals surface area contributed by atoms with E-state index < -0.39 is 0 Å². The van der Waals surface area contributed by atoms with Crippen LogP contribution in [0.15, 0.2) is 24.3 Å². The van der Waals surface area contributed by atoms with Crippen LogP contribution in [-0.4, -0.2) is 32.6 Å². The van der Waals surface area contributed by atoms with Crippen molar-refractivity contribution in [3.05, 3.63) is 52.6 Å². The first-order valence-electron chi connectivity index (χ1n) is 9.22. The van der Waals surface area contributed by atoms with Crippen LogP contribution in [0.3, 0.4) is 0 Å². The van der Waals surface area contributed by atoms with Crippen molar-refractivity contribution < 1.29 is 5.11 Å². The Balaban J connectivity index is 1.45. The number of rotatable bonds is 4. The van der Waals surface area contributed by atoms with E-state index in [1.807, 2.05) is 12.1 Å². The molecule has 1 N–H and O–H groups in total. The molecule has 1 aliphatic carbocycles. The fourth-order valence-corrected chi connectivity index (χ4v) is 4.36. The number of imidazole rings is 1. The van der Waals surface area contributed by atoms with Gasteiger partial charge in [-0.25, -0.2) is 4.98 Å². The predicted molar refractivity (Wildman–Crippen MR) is 94.9 cm³/mol. The standard InChI is InChI=1S/C20H27N3O/c1-15-21-19-4-2-3-5-20(19)23(15)18-10-11-22(13-18)12-16-6-8-17(14-24)9-7-16/h6-9,18,24H,2-5,10-14H2,1H3/t18-/m1/s1. The van der Waals surface area contributed by atoms with E-state index in [9.17, 15) is 0 Å². The van der Waals surface area contributed by atoms with Gasteiger partial charge >= 0.3 is 0 Å². The first kappa shape index (κ1) is 15.9. The molecular weight excluding hydrogens is 298 g/mol. The van der Waals surface area contributed by atoms with Gasteiger partial charge in [-0.2, -0.15) is 0 Å². The number of fused-ring (bicyclic) bond motifs is 1. The second-order valence-corrected chi connectivity index (χ2v) is 7.28. The summed E-state index contributed by atoms with van der Waals surface area (Å²) in [5, 5.41) is 9.16. The van der Waals surface area contributed by atoms with Crippen molar-refractivity contribution in [1.29, 1.82) is 0 Å². The number of aromatic nitrogens is 2. The van der Waals surface area contributed by atoms with Crippen LogP contribution in [0.4, 0.5) is 0 Å². The van der Waals surface area contributed by atoms with E-state index in [4.69, 9.17) is 10.1 Å². The highest BCUT2D eigenvalue weighted by molar-refractivity contribution is 5.23. The summed E-state index contributed by atoms with van der Waals surface area (Å²) in [6, 6.07) is 8.92. The number of likely N-dealkylation sites (tertiary alicyclic amines) is 1. The summed E-state index contributed by atoms with van der Waals surface area (Å²) in [6.07, 6.45) is 6.19. The molecule has 24 heavy (non-hydrogen) atoms. The Labute approximate surface area is 144 Å². The van der Waals surface area contributed by atoms with Crippen LogP contribution in [0, 0.1) is 6.92 Å². The van der Waals surface area contributed by atoms with Crippen molar-refractivity contribution in [2.24, 2.45) is 0 Å². The number of hydrogen-bond acceptors (Lipinski definition) is 3. The number of aliphatic hydroxyl groups excluding tert-OH is 1. The summed E-state index contributed by atoms with van der Waals surface area (Å²) in [4.78, 5) is 7.39. The quantitative estimate of drug-likeness (QED) is 0.939. The van der Waals surface area contributed by atoms with Crippen LogP contribution >= 0.6 is 0 Å². The highest BCUT2D eigenvalue weighted by Crippen LogP contribution is 2.30. The molecule has 1 saturated heterocycles. The molecule has 0 spiro atoms. The molecule has 128 valence electrons. The number of aryl methyl sites for hydroxylation is 2. The van der Waals surface area contributed by atoms with Crippen molar-refractivity contribution in [2.75, 3.05) is 13.1 Å². The lowest BCUT2D eigenvalue weighted by Gasteiger charge is -2.21. The van der Waals surface area contributed by atoms with Crippen LogP contribution < -0.4 is 0 Å². The molecule has 0 saturated carbocycles. The molecule has 2 aliphatic rings. The minimum absolute atomic E-state index is 0.122. The zero-order valence-electron chi connectivity index (χ0n) is 14.5. The smallest absolute Gasteiger partial charge is 0.106 e. The van der Waals surface area contributed by atoms with Gasteiger partial charge in [-0.15, -0.1) is 0 Å².